The highest BCUT2D eigenvalue weighted by atomic mass is 35.5. The van der Waals surface area contributed by atoms with Gasteiger partial charge >= 0.3 is 0 Å². The van der Waals surface area contributed by atoms with Crippen LogP contribution in [-0.4, -0.2) is 76.3 Å². The number of rotatable bonds is 0. The second-order valence-electron chi connectivity index (χ2n) is 4.81. The Labute approximate surface area is 149 Å². The number of nitrogens with zero attached hydrogens (tertiary/aromatic N) is 2. The summed E-state index contributed by atoms with van der Waals surface area (Å²) in [6, 6.07) is 0. The molecule has 0 aromatic rings. The van der Waals surface area contributed by atoms with Crippen molar-refractivity contribution in [2.24, 2.45) is 0 Å². The minimum absolute atomic E-state index is 0. The summed E-state index contributed by atoms with van der Waals surface area (Å²) in [4.78, 5) is 4.87. The van der Waals surface area contributed by atoms with Crippen molar-refractivity contribution in [2.75, 3.05) is 66.5 Å². The molecule has 0 unspecified atom stereocenters. The van der Waals surface area contributed by atoms with Crippen molar-refractivity contribution in [1.82, 2.24) is 20.4 Å². The molecule has 0 aliphatic carbocycles. The molecule has 1 aliphatic rings. The van der Waals surface area contributed by atoms with Crippen molar-refractivity contribution in [3.05, 3.63) is 0 Å². The molecule has 0 aromatic heterocycles. The Bertz CT molecular complexity index is 160. The zero-order valence-corrected chi connectivity index (χ0v) is 15.9. The summed E-state index contributed by atoms with van der Waals surface area (Å²) in [5.41, 5.74) is 0. The van der Waals surface area contributed by atoms with Crippen molar-refractivity contribution < 1.29 is 0 Å². The highest BCUT2D eigenvalue weighted by Crippen LogP contribution is 1.91. The largest absolute Gasteiger partial charge is 0.315 e. The third-order valence-corrected chi connectivity index (χ3v) is 3.13. The molecule has 0 atom stereocenters. The number of halogens is 4. The van der Waals surface area contributed by atoms with Crippen LogP contribution in [0, 0.1) is 0 Å². The fourth-order valence-corrected chi connectivity index (χ4v) is 1.94. The van der Waals surface area contributed by atoms with Crippen LogP contribution in [-0.2, 0) is 0 Å². The zero-order chi connectivity index (χ0) is 11.6. The van der Waals surface area contributed by atoms with Gasteiger partial charge in [-0.05, 0) is 53.1 Å². The van der Waals surface area contributed by atoms with Gasteiger partial charge in [-0.1, -0.05) is 0 Å². The Balaban J connectivity index is -0.000000320. The smallest absolute Gasteiger partial charge is 0.0106 e. The molecular formula is C12H32Cl4N4. The van der Waals surface area contributed by atoms with Gasteiger partial charge in [0.05, 0.1) is 0 Å². The van der Waals surface area contributed by atoms with E-state index >= 15 is 0 Å². The van der Waals surface area contributed by atoms with Crippen LogP contribution in [0.15, 0.2) is 0 Å². The SMILES string of the molecule is CN1CCCNCCNCCCN(C)CC1.Cl.Cl.Cl.Cl. The van der Waals surface area contributed by atoms with E-state index in [9.17, 15) is 0 Å². The maximum absolute atomic E-state index is 3.47. The molecule has 1 aliphatic heterocycles. The van der Waals surface area contributed by atoms with E-state index in [0.29, 0.717) is 0 Å². The molecule has 20 heavy (non-hydrogen) atoms. The zero-order valence-electron chi connectivity index (χ0n) is 12.6. The Morgan fingerprint density at radius 3 is 1.25 bits per heavy atom. The maximum atomic E-state index is 3.47. The topological polar surface area (TPSA) is 30.5 Å². The quantitative estimate of drug-likeness (QED) is 0.673. The molecule has 8 heteroatoms. The first-order valence-electron chi connectivity index (χ1n) is 6.57. The molecule has 0 amide bonds. The molecule has 1 heterocycles. The van der Waals surface area contributed by atoms with Crippen LogP contribution >= 0.6 is 49.6 Å². The third kappa shape index (κ3) is 17.1. The van der Waals surface area contributed by atoms with E-state index in [0.717, 1.165) is 26.2 Å². The van der Waals surface area contributed by atoms with E-state index in [1.54, 1.807) is 0 Å². The van der Waals surface area contributed by atoms with Gasteiger partial charge in [-0.2, -0.15) is 0 Å². The minimum atomic E-state index is 0. The first kappa shape index (κ1) is 29.1. The molecule has 0 saturated carbocycles. The normalized spacial score (nSPS) is 20.1. The molecule has 128 valence electrons. The van der Waals surface area contributed by atoms with Gasteiger partial charge in [-0.25, -0.2) is 0 Å². The predicted molar refractivity (Wildman–Crippen MR) is 99.0 cm³/mol. The fourth-order valence-electron chi connectivity index (χ4n) is 1.94. The van der Waals surface area contributed by atoms with E-state index in [1.165, 1.54) is 39.0 Å². The summed E-state index contributed by atoms with van der Waals surface area (Å²) in [6.07, 6.45) is 2.50. The van der Waals surface area contributed by atoms with Crippen LogP contribution in [0.4, 0.5) is 0 Å². The van der Waals surface area contributed by atoms with Gasteiger partial charge in [-0.3, -0.25) is 0 Å². The number of hydrogen-bond acceptors (Lipinski definition) is 4. The summed E-state index contributed by atoms with van der Waals surface area (Å²) in [5.74, 6) is 0. The second-order valence-corrected chi connectivity index (χ2v) is 4.81. The predicted octanol–water partition coefficient (Wildman–Crippen LogP) is 1.51. The van der Waals surface area contributed by atoms with Gasteiger partial charge in [0.2, 0.25) is 0 Å². The second kappa shape index (κ2) is 20.0. The van der Waals surface area contributed by atoms with Gasteiger partial charge in [0.1, 0.15) is 0 Å². The van der Waals surface area contributed by atoms with Gasteiger partial charge in [0.25, 0.3) is 0 Å². The number of nitrogens with one attached hydrogen (secondary N) is 2. The standard InChI is InChI=1S/C12H28N4.4ClH/c1-15-9-3-5-13-7-8-14-6-4-10-16(2)12-11-15;;;;/h13-14H,3-12H2,1-2H3;4*1H. The van der Waals surface area contributed by atoms with E-state index in [1.807, 2.05) is 0 Å². The Hall–Kier alpha value is 1.00. The average Bonchev–Trinajstić information content (AvgIpc) is 2.28. The molecule has 0 aromatic carbocycles. The molecule has 1 saturated heterocycles. The van der Waals surface area contributed by atoms with Crippen molar-refractivity contribution in [3.8, 4) is 0 Å². The molecule has 1 fully saturated rings. The van der Waals surface area contributed by atoms with Crippen molar-refractivity contribution in [2.45, 2.75) is 12.8 Å². The van der Waals surface area contributed by atoms with Gasteiger partial charge in [0.15, 0.2) is 0 Å². The van der Waals surface area contributed by atoms with E-state index in [2.05, 4.69) is 34.5 Å². The first-order valence-corrected chi connectivity index (χ1v) is 6.57. The maximum Gasteiger partial charge on any atom is 0.0106 e. The number of likely N-dealkylation sites (N-methyl/N-ethyl adjacent to an activating group) is 2. The van der Waals surface area contributed by atoms with Gasteiger partial charge in [-0.15, -0.1) is 49.6 Å². The summed E-state index contributed by atoms with van der Waals surface area (Å²) in [5, 5.41) is 6.94. The molecule has 0 radical (unpaired) electrons. The lowest BCUT2D eigenvalue weighted by Crippen LogP contribution is -2.36. The Morgan fingerprint density at radius 2 is 0.900 bits per heavy atom. The van der Waals surface area contributed by atoms with E-state index < -0.39 is 0 Å². The van der Waals surface area contributed by atoms with Crippen LogP contribution in [0.5, 0.6) is 0 Å². The Kier molecular flexibility index (Phi) is 29.1. The summed E-state index contributed by atoms with van der Waals surface area (Å²) in [6.45, 7) is 9.25. The highest BCUT2D eigenvalue weighted by molar-refractivity contribution is 5.86. The molecule has 0 spiro atoms. The summed E-state index contributed by atoms with van der Waals surface area (Å²) < 4.78 is 0. The van der Waals surface area contributed by atoms with Crippen molar-refractivity contribution >= 4 is 49.6 Å². The molecular weight excluding hydrogens is 342 g/mol. The van der Waals surface area contributed by atoms with Gasteiger partial charge < -0.3 is 20.4 Å². The lowest BCUT2D eigenvalue weighted by Gasteiger charge is -2.22. The lowest BCUT2D eigenvalue weighted by molar-refractivity contribution is 0.250. The van der Waals surface area contributed by atoms with Gasteiger partial charge in [0, 0.05) is 26.2 Å². The summed E-state index contributed by atoms with van der Waals surface area (Å²) >= 11 is 0. The lowest BCUT2D eigenvalue weighted by atomic mass is 10.3. The highest BCUT2D eigenvalue weighted by Gasteiger charge is 2.02. The van der Waals surface area contributed by atoms with Crippen LogP contribution in [0.25, 0.3) is 0 Å². The van der Waals surface area contributed by atoms with Crippen LogP contribution in [0.1, 0.15) is 12.8 Å². The van der Waals surface area contributed by atoms with Crippen molar-refractivity contribution in [3.63, 3.8) is 0 Å². The van der Waals surface area contributed by atoms with Crippen LogP contribution < -0.4 is 10.6 Å². The van der Waals surface area contributed by atoms with Crippen molar-refractivity contribution in [1.29, 1.82) is 0 Å². The average molecular weight is 374 g/mol. The molecule has 1 rings (SSSR count). The van der Waals surface area contributed by atoms with Crippen LogP contribution in [0.2, 0.25) is 0 Å². The number of hydrogen-bond donors (Lipinski definition) is 2. The monoisotopic (exact) mass is 372 g/mol. The summed E-state index contributed by atoms with van der Waals surface area (Å²) in [7, 11) is 4.45. The molecule has 2 N–H and O–H groups in total. The van der Waals surface area contributed by atoms with Crippen LogP contribution in [0.3, 0.4) is 0 Å². The fraction of sp³-hybridized carbons (Fsp3) is 1.00. The molecule has 4 nitrogen and oxygen atoms in total. The minimum Gasteiger partial charge on any atom is -0.315 e. The third-order valence-electron chi connectivity index (χ3n) is 3.13. The molecule has 0 bridgehead atoms. The van der Waals surface area contributed by atoms with E-state index in [-0.39, 0.29) is 49.6 Å². The van der Waals surface area contributed by atoms with E-state index in [4.69, 9.17) is 0 Å². The Morgan fingerprint density at radius 1 is 0.550 bits per heavy atom. The first-order chi connectivity index (χ1) is 7.79.